The topological polar surface area (TPSA) is 36.4 Å². The summed E-state index contributed by atoms with van der Waals surface area (Å²) in [7, 11) is 0. The Morgan fingerprint density at radius 3 is 2.79 bits per heavy atom. The Bertz CT molecular complexity index is 474. The van der Waals surface area contributed by atoms with Crippen LogP contribution in [0.2, 0.25) is 0 Å². The largest absolute Gasteiger partial charge is 0.336 e. The molecule has 1 amide bonds. The van der Waals surface area contributed by atoms with E-state index in [0.717, 1.165) is 19.5 Å². The second kappa shape index (κ2) is 5.59. The van der Waals surface area contributed by atoms with Gasteiger partial charge in [-0.1, -0.05) is 6.07 Å². The highest BCUT2D eigenvalue weighted by Crippen LogP contribution is 2.21. The molecule has 0 saturated carbocycles. The standard InChI is InChI=1S/C14H18BrN3O/c15-13-5-3-4-12(16-13)14(19)18-9-6-11(10-18)17-7-1-2-8-17/h3-5,11H,1-2,6-10H2. The van der Waals surface area contributed by atoms with Crippen LogP contribution in [0.4, 0.5) is 0 Å². The Balaban J connectivity index is 1.65. The van der Waals surface area contributed by atoms with Crippen molar-refractivity contribution in [1.29, 1.82) is 0 Å². The first-order chi connectivity index (χ1) is 9.24. The Labute approximate surface area is 121 Å². The molecule has 0 spiro atoms. The zero-order valence-electron chi connectivity index (χ0n) is 10.9. The molecular formula is C14H18BrN3O. The van der Waals surface area contributed by atoms with Crippen LogP contribution >= 0.6 is 15.9 Å². The van der Waals surface area contributed by atoms with Crippen molar-refractivity contribution in [2.75, 3.05) is 26.2 Å². The molecule has 3 heterocycles. The summed E-state index contributed by atoms with van der Waals surface area (Å²) < 4.78 is 0.716. The predicted octanol–water partition coefficient (Wildman–Crippen LogP) is 2.15. The van der Waals surface area contributed by atoms with Gasteiger partial charge in [-0.25, -0.2) is 4.98 Å². The van der Waals surface area contributed by atoms with Crippen molar-refractivity contribution in [3.8, 4) is 0 Å². The molecule has 5 heteroatoms. The lowest BCUT2D eigenvalue weighted by Gasteiger charge is -2.23. The van der Waals surface area contributed by atoms with Crippen molar-refractivity contribution in [3.63, 3.8) is 0 Å². The summed E-state index contributed by atoms with van der Waals surface area (Å²) in [5.74, 6) is 0.0583. The highest BCUT2D eigenvalue weighted by molar-refractivity contribution is 9.10. The SMILES string of the molecule is O=C(c1cccc(Br)n1)N1CCC(N2CCCC2)C1. The molecule has 1 atom stereocenters. The van der Waals surface area contributed by atoms with Gasteiger partial charge in [-0.15, -0.1) is 0 Å². The molecule has 102 valence electrons. The zero-order valence-corrected chi connectivity index (χ0v) is 12.5. The van der Waals surface area contributed by atoms with Crippen LogP contribution in [-0.2, 0) is 0 Å². The number of nitrogens with zero attached hydrogens (tertiary/aromatic N) is 3. The van der Waals surface area contributed by atoms with Crippen LogP contribution in [0.5, 0.6) is 0 Å². The van der Waals surface area contributed by atoms with Crippen molar-refractivity contribution in [1.82, 2.24) is 14.8 Å². The number of pyridine rings is 1. The van der Waals surface area contributed by atoms with Crippen molar-refractivity contribution in [2.24, 2.45) is 0 Å². The number of aromatic nitrogens is 1. The van der Waals surface area contributed by atoms with E-state index in [1.807, 2.05) is 17.0 Å². The van der Waals surface area contributed by atoms with E-state index in [9.17, 15) is 4.79 Å². The molecule has 0 bridgehead atoms. The van der Waals surface area contributed by atoms with Crippen molar-refractivity contribution < 1.29 is 4.79 Å². The number of hydrogen-bond acceptors (Lipinski definition) is 3. The average molecular weight is 324 g/mol. The van der Waals surface area contributed by atoms with Crippen molar-refractivity contribution >= 4 is 21.8 Å². The number of hydrogen-bond donors (Lipinski definition) is 0. The Morgan fingerprint density at radius 1 is 1.26 bits per heavy atom. The molecule has 2 aliphatic heterocycles. The number of rotatable bonds is 2. The van der Waals surface area contributed by atoms with Crippen LogP contribution < -0.4 is 0 Å². The maximum absolute atomic E-state index is 12.4. The maximum Gasteiger partial charge on any atom is 0.272 e. The second-order valence-electron chi connectivity index (χ2n) is 5.28. The van der Waals surface area contributed by atoms with Gasteiger partial charge in [-0.3, -0.25) is 9.69 Å². The number of carbonyl (C=O) groups is 1. The molecule has 0 aliphatic carbocycles. The third-order valence-electron chi connectivity index (χ3n) is 4.04. The molecule has 1 aromatic heterocycles. The Hall–Kier alpha value is -0.940. The fourth-order valence-electron chi connectivity index (χ4n) is 3.02. The van der Waals surface area contributed by atoms with Crippen LogP contribution in [0.25, 0.3) is 0 Å². The molecule has 0 radical (unpaired) electrons. The fourth-order valence-corrected chi connectivity index (χ4v) is 3.36. The minimum atomic E-state index is 0.0583. The number of carbonyl (C=O) groups excluding carboxylic acids is 1. The van der Waals surface area contributed by atoms with E-state index < -0.39 is 0 Å². The molecule has 0 aromatic carbocycles. The molecule has 2 aliphatic rings. The van der Waals surface area contributed by atoms with Gasteiger partial charge in [0.1, 0.15) is 10.3 Å². The molecule has 1 unspecified atom stereocenters. The average Bonchev–Trinajstić information content (AvgIpc) is 3.08. The van der Waals surface area contributed by atoms with Gasteiger partial charge in [0.2, 0.25) is 0 Å². The Kier molecular flexibility index (Phi) is 3.84. The van der Waals surface area contributed by atoms with Gasteiger partial charge in [0.15, 0.2) is 0 Å². The van der Waals surface area contributed by atoms with E-state index in [1.54, 1.807) is 6.07 Å². The highest BCUT2D eigenvalue weighted by Gasteiger charge is 2.32. The van der Waals surface area contributed by atoms with Gasteiger partial charge in [0.25, 0.3) is 5.91 Å². The quantitative estimate of drug-likeness (QED) is 0.782. The van der Waals surface area contributed by atoms with E-state index in [0.29, 0.717) is 16.3 Å². The first-order valence-corrected chi connectivity index (χ1v) is 7.69. The van der Waals surface area contributed by atoms with E-state index in [-0.39, 0.29) is 5.91 Å². The van der Waals surface area contributed by atoms with E-state index in [2.05, 4.69) is 25.8 Å². The molecule has 2 fully saturated rings. The number of amides is 1. The fraction of sp³-hybridized carbons (Fsp3) is 0.571. The molecule has 2 saturated heterocycles. The third kappa shape index (κ3) is 2.82. The minimum absolute atomic E-state index is 0.0583. The van der Waals surface area contributed by atoms with Gasteiger partial charge in [-0.2, -0.15) is 0 Å². The predicted molar refractivity (Wildman–Crippen MR) is 77.1 cm³/mol. The first kappa shape index (κ1) is 13.1. The molecule has 4 nitrogen and oxygen atoms in total. The third-order valence-corrected chi connectivity index (χ3v) is 4.48. The molecular weight excluding hydrogens is 306 g/mol. The lowest BCUT2D eigenvalue weighted by molar-refractivity contribution is 0.0774. The maximum atomic E-state index is 12.4. The second-order valence-corrected chi connectivity index (χ2v) is 6.09. The molecule has 19 heavy (non-hydrogen) atoms. The normalized spacial score (nSPS) is 24.1. The minimum Gasteiger partial charge on any atom is -0.336 e. The summed E-state index contributed by atoms with van der Waals surface area (Å²) in [6.07, 6.45) is 3.70. The van der Waals surface area contributed by atoms with Crippen molar-refractivity contribution in [2.45, 2.75) is 25.3 Å². The van der Waals surface area contributed by atoms with Crippen LogP contribution in [0.15, 0.2) is 22.8 Å². The highest BCUT2D eigenvalue weighted by atomic mass is 79.9. The van der Waals surface area contributed by atoms with Crippen LogP contribution in [0.1, 0.15) is 29.8 Å². The number of likely N-dealkylation sites (tertiary alicyclic amines) is 2. The van der Waals surface area contributed by atoms with Gasteiger partial charge >= 0.3 is 0 Å². The summed E-state index contributed by atoms with van der Waals surface area (Å²) in [6, 6.07) is 6.04. The molecule has 1 aromatic rings. The first-order valence-electron chi connectivity index (χ1n) is 6.90. The van der Waals surface area contributed by atoms with Gasteiger partial charge in [0.05, 0.1) is 0 Å². The summed E-state index contributed by atoms with van der Waals surface area (Å²) in [4.78, 5) is 21.1. The van der Waals surface area contributed by atoms with E-state index in [1.165, 1.54) is 25.9 Å². The molecule has 3 rings (SSSR count). The molecule has 0 N–H and O–H groups in total. The Morgan fingerprint density at radius 2 is 2.05 bits per heavy atom. The smallest absolute Gasteiger partial charge is 0.272 e. The van der Waals surface area contributed by atoms with Crippen LogP contribution in [0, 0.1) is 0 Å². The lowest BCUT2D eigenvalue weighted by Crippen LogP contribution is -2.37. The van der Waals surface area contributed by atoms with Gasteiger partial charge in [0, 0.05) is 19.1 Å². The lowest BCUT2D eigenvalue weighted by atomic mass is 10.2. The van der Waals surface area contributed by atoms with Gasteiger partial charge < -0.3 is 4.90 Å². The summed E-state index contributed by atoms with van der Waals surface area (Å²) >= 11 is 3.31. The number of halogens is 1. The zero-order chi connectivity index (χ0) is 13.2. The summed E-state index contributed by atoms with van der Waals surface area (Å²) in [6.45, 7) is 4.10. The monoisotopic (exact) mass is 323 g/mol. The van der Waals surface area contributed by atoms with E-state index >= 15 is 0 Å². The van der Waals surface area contributed by atoms with Crippen LogP contribution in [-0.4, -0.2) is 52.9 Å². The van der Waals surface area contributed by atoms with Crippen LogP contribution in [0.3, 0.4) is 0 Å². The van der Waals surface area contributed by atoms with Gasteiger partial charge in [-0.05, 0) is 60.4 Å². The summed E-state index contributed by atoms with van der Waals surface area (Å²) in [5.41, 5.74) is 0.538. The van der Waals surface area contributed by atoms with E-state index in [4.69, 9.17) is 0 Å². The summed E-state index contributed by atoms with van der Waals surface area (Å²) in [5, 5.41) is 0. The van der Waals surface area contributed by atoms with Crippen molar-refractivity contribution in [3.05, 3.63) is 28.5 Å².